The van der Waals surface area contributed by atoms with Gasteiger partial charge in [0.1, 0.15) is 0 Å². The van der Waals surface area contributed by atoms with Crippen LogP contribution in [0.1, 0.15) is 0 Å². The molecule has 0 aliphatic carbocycles. The summed E-state index contributed by atoms with van der Waals surface area (Å²) >= 11 is 1.88. The molecule has 216 valence electrons. The minimum atomic E-state index is 1.12. The smallest absolute Gasteiger partial charge is 0.0468 e. The molecule has 0 fully saturated rings. The molecule has 0 unspecified atom stereocenters. The number of rotatable bonds is 5. The second-order valence-corrected chi connectivity index (χ2v) is 12.9. The Morgan fingerprint density at radius 2 is 0.891 bits per heavy atom. The predicted octanol–water partition coefficient (Wildman–Crippen LogP) is 13.2. The maximum atomic E-state index is 2.41. The molecule has 0 radical (unpaired) electrons. The molecule has 1 nitrogen and oxygen atoms in total. The van der Waals surface area contributed by atoms with E-state index in [9.17, 15) is 0 Å². The van der Waals surface area contributed by atoms with Gasteiger partial charge in [-0.2, -0.15) is 0 Å². The molecule has 0 atom stereocenters. The molecule has 0 bridgehead atoms. The Morgan fingerprint density at radius 3 is 1.74 bits per heavy atom. The van der Waals surface area contributed by atoms with Gasteiger partial charge in [0.05, 0.1) is 0 Å². The number of benzene rings is 8. The molecule has 0 saturated heterocycles. The van der Waals surface area contributed by atoms with Gasteiger partial charge in [-0.25, -0.2) is 0 Å². The molecule has 0 amide bonds. The second-order valence-electron chi connectivity index (χ2n) is 11.8. The van der Waals surface area contributed by atoms with Crippen molar-refractivity contribution in [2.45, 2.75) is 0 Å². The molecule has 0 aliphatic heterocycles. The highest BCUT2D eigenvalue weighted by Gasteiger charge is 2.16. The summed E-state index contributed by atoms with van der Waals surface area (Å²) in [6.07, 6.45) is 0. The number of hydrogen-bond donors (Lipinski definition) is 0. The van der Waals surface area contributed by atoms with Gasteiger partial charge in [-0.15, -0.1) is 11.3 Å². The average Bonchev–Trinajstić information content (AvgIpc) is 3.49. The van der Waals surface area contributed by atoms with E-state index >= 15 is 0 Å². The van der Waals surface area contributed by atoms with Crippen molar-refractivity contribution in [3.8, 4) is 22.3 Å². The SMILES string of the molecule is c1ccc(-c2cccc(-c3cccc(N(c4ccccc4)c4ccc5ccc6cc7sc8ccccc8c7cc6c5c4)c3)c2)cc1. The van der Waals surface area contributed by atoms with Gasteiger partial charge in [-0.1, -0.05) is 115 Å². The molecule has 0 aliphatic rings. The number of fused-ring (bicyclic) bond motifs is 6. The molecule has 1 aromatic heterocycles. The molecule has 0 N–H and O–H groups in total. The predicted molar refractivity (Wildman–Crippen MR) is 200 cm³/mol. The van der Waals surface area contributed by atoms with Gasteiger partial charge in [-0.05, 0) is 104 Å². The van der Waals surface area contributed by atoms with Crippen molar-refractivity contribution in [2.24, 2.45) is 0 Å². The first-order valence-electron chi connectivity index (χ1n) is 15.7. The number of thiophene rings is 1. The molecule has 2 heteroatoms. The number of nitrogens with zero attached hydrogens (tertiary/aromatic N) is 1. The van der Waals surface area contributed by atoms with Gasteiger partial charge in [0.25, 0.3) is 0 Å². The van der Waals surface area contributed by atoms with E-state index in [2.05, 4.69) is 181 Å². The van der Waals surface area contributed by atoms with E-state index in [-0.39, 0.29) is 0 Å². The molecular formula is C44H29NS. The van der Waals surface area contributed by atoms with Crippen molar-refractivity contribution in [1.82, 2.24) is 0 Å². The molecule has 9 aromatic rings. The first-order valence-corrected chi connectivity index (χ1v) is 16.5. The molecule has 0 spiro atoms. The average molecular weight is 604 g/mol. The summed E-state index contributed by atoms with van der Waals surface area (Å²) in [6.45, 7) is 0. The summed E-state index contributed by atoms with van der Waals surface area (Å²) in [6, 6.07) is 64.0. The van der Waals surface area contributed by atoms with E-state index in [4.69, 9.17) is 0 Å². The molecule has 1 heterocycles. The Labute approximate surface area is 272 Å². The summed E-state index contributed by atoms with van der Waals surface area (Å²) in [5, 5.41) is 7.73. The monoisotopic (exact) mass is 603 g/mol. The zero-order chi connectivity index (χ0) is 30.5. The van der Waals surface area contributed by atoms with Crippen LogP contribution < -0.4 is 4.90 Å². The van der Waals surface area contributed by atoms with E-state index in [0.717, 1.165) is 17.1 Å². The van der Waals surface area contributed by atoms with E-state index in [1.54, 1.807) is 0 Å². The summed E-state index contributed by atoms with van der Waals surface area (Å²) in [4.78, 5) is 2.38. The lowest BCUT2D eigenvalue weighted by molar-refractivity contribution is 1.29. The lowest BCUT2D eigenvalue weighted by atomic mass is 9.98. The van der Waals surface area contributed by atoms with Gasteiger partial charge < -0.3 is 4.90 Å². The van der Waals surface area contributed by atoms with Crippen LogP contribution in [0.15, 0.2) is 176 Å². The van der Waals surface area contributed by atoms with Crippen LogP contribution >= 0.6 is 11.3 Å². The van der Waals surface area contributed by atoms with Crippen molar-refractivity contribution in [1.29, 1.82) is 0 Å². The Bertz CT molecular complexity index is 2530. The quantitative estimate of drug-likeness (QED) is 0.177. The highest BCUT2D eigenvalue weighted by molar-refractivity contribution is 7.25. The zero-order valence-electron chi connectivity index (χ0n) is 25.1. The molecule has 8 aromatic carbocycles. The Balaban J connectivity index is 1.21. The third kappa shape index (κ3) is 4.63. The largest absolute Gasteiger partial charge is 0.310 e. The van der Waals surface area contributed by atoms with Crippen molar-refractivity contribution < 1.29 is 0 Å². The lowest BCUT2D eigenvalue weighted by Gasteiger charge is -2.26. The van der Waals surface area contributed by atoms with Crippen LogP contribution in [0, 0.1) is 0 Å². The summed E-state index contributed by atoms with van der Waals surface area (Å²) in [7, 11) is 0. The van der Waals surface area contributed by atoms with Crippen LogP contribution in [-0.2, 0) is 0 Å². The molecule has 9 rings (SSSR count). The second kappa shape index (κ2) is 11.0. The van der Waals surface area contributed by atoms with Crippen molar-refractivity contribution in [3.05, 3.63) is 176 Å². The van der Waals surface area contributed by atoms with Crippen LogP contribution in [0.4, 0.5) is 17.1 Å². The number of hydrogen-bond acceptors (Lipinski definition) is 2. The Hall–Kier alpha value is -5.70. The van der Waals surface area contributed by atoms with Gasteiger partial charge in [-0.3, -0.25) is 0 Å². The molecule has 0 saturated carbocycles. The summed E-state index contributed by atoms with van der Waals surface area (Å²) < 4.78 is 2.67. The lowest BCUT2D eigenvalue weighted by Crippen LogP contribution is -2.09. The van der Waals surface area contributed by atoms with Crippen LogP contribution in [0.25, 0.3) is 64.0 Å². The minimum absolute atomic E-state index is 1.12. The first-order chi connectivity index (χ1) is 22.8. The van der Waals surface area contributed by atoms with Crippen LogP contribution in [0.2, 0.25) is 0 Å². The van der Waals surface area contributed by atoms with Crippen molar-refractivity contribution >= 4 is 70.1 Å². The van der Waals surface area contributed by atoms with Gasteiger partial charge >= 0.3 is 0 Å². The minimum Gasteiger partial charge on any atom is -0.310 e. The fourth-order valence-electron chi connectivity index (χ4n) is 6.76. The van der Waals surface area contributed by atoms with E-state index in [0.29, 0.717) is 0 Å². The van der Waals surface area contributed by atoms with E-state index in [1.807, 2.05) is 11.3 Å². The highest BCUT2D eigenvalue weighted by Crippen LogP contribution is 2.41. The molecular weight excluding hydrogens is 575 g/mol. The third-order valence-corrected chi connectivity index (χ3v) is 10.1. The fraction of sp³-hybridized carbons (Fsp3) is 0. The highest BCUT2D eigenvalue weighted by atomic mass is 32.1. The van der Waals surface area contributed by atoms with Gasteiger partial charge in [0.15, 0.2) is 0 Å². The topological polar surface area (TPSA) is 3.24 Å². The maximum Gasteiger partial charge on any atom is 0.0468 e. The number of anilines is 3. The van der Waals surface area contributed by atoms with E-state index in [1.165, 1.54) is 64.0 Å². The van der Waals surface area contributed by atoms with Crippen molar-refractivity contribution in [2.75, 3.05) is 4.90 Å². The third-order valence-electron chi connectivity index (χ3n) is 9.00. The standard InChI is InChI=1S/C44H29NS/c1-3-11-30(12-4-1)32-13-9-14-33(25-32)34-15-10-18-37(26-34)45(36-16-5-2-6-17-36)38-24-23-31-21-22-35-27-44-42(29-41(35)40(31)28-38)39-19-7-8-20-43(39)46-44/h1-29H. The Morgan fingerprint density at radius 1 is 0.304 bits per heavy atom. The maximum absolute atomic E-state index is 2.41. The van der Waals surface area contributed by atoms with Crippen LogP contribution in [0.3, 0.4) is 0 Å². The Kier molecular flexibility index (Phi) is 6.40. The normalized spacial score (nSPS) is 11.5. The van der Waals surface area contributed by atoms with E-state index < -0.39 is 0 Å². The summed E-state index contributed by atoms with van der Waals surface area (Å²) in [5.41, 5.74) is 8.22. The first kappa shape index (κ1) is 26.7. The summed E-state index contributed by atoms with van der Waals surface area (Å²) in [5.74, 6) is 0. The molecule has 46 heavy (non-hydrogen) atoms. The van der Waals surface area contributed by atoms with Crippen molar-refractivity contribution in [3.63, 3.8) is 0 Å². The van der Waals surface area contributed by atoms with Crippen LogP contribution in [-0.4, -0.2) is 0 Å². The number of para-hydroxylation sites is 1. The van der Waals surface area contributed by atoms with Crippen LogP contribution in [0.5, 0.6) is 0 Å². The van der Waals surface area contributed by atoms with Gasteiger partial charge in [0.2, 0.25) is 0 Å². The fourth-order valence-corrected chi connectivity index (χ4v) is 7.89. The van der Waals surface area contributed by atoms with Gasteiger partial charge in [0, 0.05) is 37.2 Å². The zero-order valence-corrected chi connectivity index (χ0v) is 25.9.